The van der Waals surface area contributed by atoms with Crippen molar-refractivity contribution in [1.29, 1.82) is 0 Å². The van der Waals surface area contributed by atoms with Gasteiger partial charge in [-0.05, 0) is 43.3 Å². The van der Waals surface area contributed by atoms with E-state index in [2.05, 4.69) is 39.2 Å². The third kappa shape index (κ3) is 3.45. The Bertz CT molecular complexity index is 1160. The predicted molar refractivity (Wildman–Crippen MR) is 116 cm³/mol. The number of aryl methyl sites for hydroxylation is 1. The van der Waals surface area contributed by atoms with Gasteiger partial charge >= 0.3 is 0 Å². The molecule has 2 aromatic carbocycles. The van der Waals surface area contributed by atoms with Gasteiger partial charge in [0.05, 0.1) is 42.3 Å². The number of imidazole rings is 1. The first-order chi connectivity index (χ1) is 14.7. The molecule has 0 N–H and O–H groups in total. The molecule has 0 bridgehead atoms. The van der Waals surface area contributed by atoms with Crippen LogP contribution in [0, 0.1) is 6.92 Å². The molecule has 1 aliphatic rings. The molecule has 0 saturated carbocycles. The number of benzene rings is 2. The normalized spacial score (nSPS) is 14.4. The maximum absolute atomic E-state index is 12.9. The second kappa shape index (κ2) is 7.51. The highest BCUT2D eigenvalue weighted by molar-refractivity contribution is 5.97. The Kier molecular flexibility index (Phi) is 4.55. The highest BCUT2D eigenvalue weighted by atomic mass is 16.2. The number of para-hydroxylation sites is 1. The van der Waals surface area contributed by atoms with Crippen molar-refractivity contribution < 1.29 is 4.79 Å². The van der Waals surface area contributed by atoms with Gasteiger partial charge in [0.25, 0.3) is 0 Å². The summed E-state index contributed by atoms with van der Waals surface area (Å²) in [6.45, 7) is 3.72. The first-order valence-corrected chi connectivity index (χ1v) is 9.94. The van der Waals surface area contributed by atoms with Crippen LogP contribution in [-0.4, -0.2) is 44.9 Å². The van der Waals surface area contributed by atoms with Gasteiger partial charge in [0.2, 0.25) is 5.91 Å². The Morgan fingerprint density at radius 3 is 2.30 bits per heavy atom. The van der Waals surface area contributed by atoms with Crippen molar-refractivity contribution in [3.05, 3.63) is 85.2 Å². The molecule has 0 atom stereocenters. The highest BCUT2D eigenvalue weighted by Gasteiger charge is 2.26. The lowest BCUT2D eigenvalue weighted by Crippen LogP contribution is -2.50. The molecule has 1 aliphatic heterocycles. The van der Waals surface area contributed by atoms with E-state index in [0.717, 1.165) is 35.0 Å². The number of carbonyl (C=O) groups is 1. The second-order valence-electron chi connectivity index (χ2n) is 7.38. The van der Waals surface area contributed by atoms with Crippen LogP contribution in [0.3, 0.4) is 0 Å². The molecular weight excluding hydrogens is 376 g/mol. The van der Waals surface area contributed by atoms with E-state index in [4.69, 9.17) is 0 Å². The van der Waals surface area contributed by atoms with Crippen molar-refractivity contribution >= 4 is 17.3 Å². The van der Waals surface area contributed by atoms with Gasteiger partial charge in [-0.2, -0.15) is 5.10 Å². The molecule has 7 heteroatoms. The minimum absolute atomic E-state index is 0.0724. The van der Waals surface area contributed by atoms with E-state index in [9.17, 15) is 4.79 Å². The number of hydrogen-bond donors (Lipinski definition) is 0. The number of hydrogen-bond acceptors (Lipinski definition) is 4. The summed E-state index contributed by atoms with van der Waals surface area (Å²) in [6.07, 6.45) is 7.46. The number of nitrogens with zero attached hydrogens (tertiary/aromatic N) is 6. The van der Waals surface area contributed by atoms with Gasteiger partial charge in [0, 0.05) is 30.7 Å². The Morgan fingerprint density at radius 1 is 0.833 bits per heavy atom. The Balaban J connectivity index is 1.28. The number of piperazine rings is 1. The van der Waals surface area contributed by atoms with Crippen LogP contribution >= 0.6 is 0 Å². The topological polar surface area (TPSA) is 59.2 Å². The number of amides is 1. The summed E-state index contributed by atoms with van der Waals surface area (Å²) >= 11 is 0. The second-order valence-corrected chi connectivity index (χ2v) is 7.38. The molecule has 7 nitrogen and oxygen atoms in total. The Labute approximate surface area is 174 Å². The van der Waals surface area contributed by atoms with Gasteiger partial charge in [-0.3, -0.25) is 4.79 Å². The molecular formula is C23H22N6O. The predicted octanol–water partition coefficient (Wildman–Crippen LogP) is 3.22. The Morgan fingerprint density at radius 2 is 1.60 bits per heavy atom. The van der Waals surface area contributed by atoms with E-state index in [-0.39, 0.29) is 5.91 Å². The van der Waals surface area contributed by atoms with Crippen molar-refractivity contribution in [2.45, 2.75) is 6.92 Å². The molecule has 1 saturated heterocycles. The van der Waals surface area contributed by atoms with E-state index >= 15 is 0 Å². The maximum atomic E-state index is 12.9. The number of carbonyl (C=O) groups excluding carboxylic acids is 1. The van der Waals surface area contributed by atoms with Crippen LogP contribution in [0.1, 0.15) is 5.69 Å². The molecule has 5 rings (SSSR count). The summed E-state index contributed by atoms with van der Waals surface area (Å²) in [6, 6.07) is 18.1. The zero-order chi connectivity index (χ0) is 20.5. The molecule has 1 amide bonds. The SMILES string of the molecule is Cc1cn(-c2ccc(N3CCN(c4cnn(-c5ccccc5)c4)C(=O)C3)cc2)cn1. The zero-order valence-corrected chi connectivity index (χ0v) is 16.7. The van der Waals surface area contributed by atoms with Gasteiger partial charge in [-0.15, -0.1) is 0 Å². The minimum Gasteiger partial charge on any atom is -0.360 e. The zero-order valence-electron chi connectivity index (χ0n) is 16.7. The van der Waals surface area contributed by atoms with Crippen LogP contribution in [0.4, 0.5) is 11.4 Å². The summed E-state index contributed by atoms with van der Waals surface area (Å²) in [5.41, 5.74) is 4.88. The molecule has 150 valence electrons. The summed E-state index contributed by atoms with van der Waals surface area (Å²) in [7, 11) is 0. The highest BCUT2D eigenvalue weighted by Crippen LogP contribution is 2.23. The van der Waals surface area contributed by atoms with Crippen molar-refractivity contribution in [1.82, 2.24) is 19.3 Å². The van der Waals surface area contributed by atoms with E-state index in [1.807, 2.05) is 65.4 Å². The fraction of sp³-hybridized carbons (Fsp3) is 0.174. The lowest BCUT2D eigenvalue weighted by molar-refractivity contribution is -0.117. The van der Waals surface area contributed by atoms with Crippen molar-refractivity contribution in [2.24, 2.45) is 0 Å². The molecule has 0 radical (unpaired) electrons. The first kappa shape index (κ1) is 18.2. The average Bonchev–Trinajstić information content (AvgIpc) is 3.44. The monoisotopic (exact) mass is 398 g/mol. The van der Waals surface area contributed by atoms with Gasteiger partial charge in [-0.25, -0.2) is 9.67 Å². The fourth-order valence-corrected chi connectivity index (χ4v) is 3.74. The Hall–Kier alpha value is -3.87. The van der Waals surface area contributed by atoms with Crippen LogP contribution in [0.5, 0.6) is 0 Å². The summed E-state index contributed by atoms with van der Waals surface area (Å²) in [5, 5.41) is 4.42. The van der Waals surface area contributed by atoms with Crippen LogP contribution in [0.25, 0.3) is 11.4 Å². The summed E-state index contributed by atoms with van der Waals surface area (Å²) < 4.78 is 3.79. The largest absolute Gasteiger partial charge is 0.360 e. The molecule has 4 aromatic rings. The van der Waals surface area contributed by atoms with E-state index in [0.29, 0.717) is 13.1 Å². The third-order valence-electron chi connectivity index (χ3n) is 5.35. The van der Waals surface area contributed by atoms with Crippen LogP contribution in [-0.2, 0) is 4.79 Å². The minimum atomic E-state index is 0.0724. The van der Waals surface area contributed by atoms with Crippen LogP contribution in [0.2, 0.25) is 0 Å². The van der Waals surface area contributed by atoms with Crippen molar-refractivity contribution in [3.8, 4) is 11.4 Å². The fourth-order valence-electron chi connectivity index (χ4n) is 3.74. The molecule has 0 spiro atoms. The van der Waals surface area contributed by atoms with Gasteiger partial charge in [0.1, 0.15) is 0 Å². The average molecular weight is 398 g/mol. The number of aromatic nitrogens is 4. The summed E-state index contributed by atoms with van der Waals surface area (Å²) in [4.78, 5) is 21.0. The smallest absolute Gasteiger partial charge is 0.246 e. The molecule has 0 unspecified atom stereocenters. The summed E-state index contributed by atoms with van der Waals surface area (Å²) in [5.74, 6) is 0.0724. The standard InChI is InChI=1S/C23H22N6O/c1-18-14-27(17-24-18)20-9-7-19(8-10-20)26-11-12-28(23(30)16-26)22-13-25-29(15-22)21-5-3-2-4-6-21/h2-10,13-15,17H,11-12,16H2,1H3. The molecule has 2 aromatic heterocycles. The maximum Gasteiger partial charge on any atom is 0.246 e. The van der Waals surface area contributed by atoms with Gasteiger partial charge in [-0.1, -0.05) is 18.2 Å². The molecule has 3 heterocycles. The van der Waals surface area contributed by atoms with Crippen molar-refractivity contribution in [3.63, 3.8) is 0 Å². The quantitative estimate of drug-likeness (QED) is 0.530. The lowest BCUT2D eigenvalue weighted by atomic mass is 10.2. The molecule has 30 heavy (non-hydrogen) atoms. The van der Waals surface area contributed by atoms with Gasteiger partial charge in [0.15, 0.2) is 0 Å². The number of anilines is 2. The van der Waals surface area contributed by atoms with Gasteiger partial charge < -0.3 is 14.4 Å². The third-order valence-corrected chi connectivity index (χ3v) is 5.35. The van der Waals surface area contributed by atoms with E-state index in [1.54, 1.807) is 10.9 Å². The molecule has 0 aliphatic carbocycles. The molecule has 1 fully saturated rings. The van der Waals surface area contributed by atoms with Crippen LogP contribution < -0.4 is 9.80 Å². The van der Waals surface area contributed by atoms with E-state index in [1.165, 1.54) is 0 Å². The lowest BCUT2D eigenvalue weighted by Gasteiger charge is -2.35. The van der Waals surface area contributed by atoms with E-state index < -0.39 is 0 Å². The first-order valence-electron chi connectivity index (χ1n) is 9.94. The van der Waals surface area contributed by atoms with Crippen molar-refractivity contribution in [2.75, 3.05) is 29.4 Å². The van der Waals surface area contributed by atoms with Crippen LogP contribution in [0.15, 0.2) is 79.5 Å². The number of rotatable bonds is 4.